The molecule has 114 valence electrons. The van der Waals surface area contributed by atoms with Crippen molar-refractivity contribution in [3.63, 3.8) is 0 Å². The van der Waals surface area contributed by atoms with Gasteiger partial charge in [0.25, 0.3) is 5.91 Å². The lowest BCUT2D eigenvalue weighted by Gasteiger charge is -2.32. The Morgan fingerprint density at radius 3 is 2.67 bits per heavy atom. The van der Waals surface area contributed by atoms with Gasteiger partial charge in [-0.05, 0) is 0 Å². The molecule has 2 rings (SSSR count). The first-order valence-corrected chi connectivity index (χ1v) is 7.02. The number of rotatable bonds is 3. The molecule has 0 atom stereocenters. The molecule has 0 spiro atoms. The van der Waals surface area contributed by atoms with E-state index < -0.39 is 0 Å². The number of carbonyl (C=O) groups is 2. The summed E-state index contributed by atoms with van der Waals surface area (Å²) < 4.78 is 0. The highest BCUT2D eigenvalue weighted by Crippen LogP contribution is 2.18. The van der Waals surface area contributed by atoms with Crippen LogP contribution in [0.4, 0.5) is 5.69 Å². The second kappa shape index (κ2) is 6.07. The first kappa shape index (κ1) is 15.2. The molecule has 0 unspecified atom stereocenters. The lowest BCUT2D eigenvalue weighted by Crippen LogP contribution is -2.50. The Morgan fingerprint density at radius 1 is 1.38 bits per heavy atom. The summed E-state index contributed by atoms with van der Waals surface area (Å²) in [5.41, 5.74) is 0.907. The molecule has 7 nitrogen and oxygen atoms in total. The van der Waals surface area contributed by atoms with Crippen molar-refractivity contribution in [2.24, 2.45) is 0 Å². The molecule has 0 bridgehead atoms. The van der Waals surface area contributed by atoms with Crippen LogP contribution in [0.5, 0.6) is 0 Å². The fraction of sp³-hybridized carbons (Fsp3) is 0.571. The Labute approximate surface area is 124 Å². The summed E-state index contributed by atoms with van der Waals surface area (Å²) in [4.78, 5) is 36.2. The second-order valence-electron chi connectivity index (χ2n) is 5.44. The number of amides is 2. The molecule has 0 radical (unpaired) electrons. The number of hydrogen-bond acceptors (Lipinski definition) is 5. The molecule has 1 saturated heterocycles. The molecular weight excluding hydrogens is 270 g/mol. The SMILES string of the molecule is CNc1cnc(C(C)C)nc1C(=O)N1CCN(C)C(=O)C1. The van der Waals surface area contributed by atoms with Gasteiger partial charge in [-0.3, -0.25) is 9.59 Å². The maximum absolute atomic E-state index is 12.6. The third-order valence-corrected chi connectivity index (χ3v) is 3.54. The predicted octanol–water partition coefficient (Wildman–Crippen LogP) is 0.556. The summed E-state index contributed by atoms with van der Waals surface area (Å²) in [7, 11) is 3.46. The number of hydrogen-bond donors (Lipinski definition) is 1. The number of nitrogens with zero attached hydrogens (tertiary/aromatic N) is 4. The van der Waals surface area contributed by atoms with Crippen LogP contribution in [0.1, 0.15) is 36.1 Å². The average molecular weight is 291 g/mol. The molecule has 1 N–H and O–H groups in total. The van der Waals surface area contributed by atoms with Crippen LogP contribution in [0.2, 0.25) is 0 Å². The quantitative estimate of drug-likeness (QED) is 0.880. The lowest BCUT2D eigenvalue weighted by molar-refractivity contribution is -0.133. The highest BCUT2D eigenvalue weighted by molar-refractivity contribution is 5.99. The van der Waals surface area contributed by atoms with E-state index in [9.17, 15) is 9.59 Å². The molecule has 2 heterocycles. The zero-order valence-electron chi connectivity index (χ0n) is 12.9. The Balaban J connectivity index is 2.29. The maximum Gasteiger partial charge on any atom is 0.275 e. The first-order chi connectivity index (χ1) is 9.93. The van der Waals surface area contributed by atoms with E-state index in [0.717, 1.165) is 0 Å². The molecule has 2 amide bonds. The topological polar surface area (TPSA) is 78.4 Å². The van der Waals surface area contributed by atoms with Gasteiger partial charge in [0.15, 0.2) is 5.69 Å². The van der Waals surface area contributed by atoms with Crippen molar-refractivity contribution >= 4 is 17.5 Å². The van der Waals surface area contributed by atoms with E-state index in [-0.39, 0.29) is 24.3 Å². The predicted molar refractivity (Wildman–Crippen MR) is 79.2 cm³/mol. The summed E-state index contributed by atoms with van der Waals surface area (Å²) >= 11 is 0. The molecule has 21 heavy (non-hydrogen) atoms. The molecule has 7 heteroatoms. The summed E-state index contributed by atoms with van der Waals surface area (Å²) in [6, 6.07) is 0. The van der Waals surface area contributed by atoms with Crippen LogP contribution in [0.15, 0.2) is 6.20 Å². The van der Waals surface area contributed by atoms with E-state index in [0.29, 0.717) is 30.3 Å². The molecule has 1 aliphatic heterocycles. The van der Waals surface area contributed by atoms with Gasteiger partial charge in [0.2, 0.25) is 5.91 Å². The Kier molecular flexibility index (Phi) is 4.40. The molecule has 1 fully saturated rings. The van der Waals surface area contributed by atoms with Crippen molar-refractivity contribution in [2.75, 3.05) is 39.0 Å². The van der Waals surface area contributed by atoms with Crippen molar-refractivity contribution in [3.8, 4) is 0 Å². The molecular formula is C14H21N5O2. The molecule has 1 aromatic heterocycles. The highest BCUT2D eigenvalue weighted by atomic mass is 16.2. The van der Waals surface area contributed by atoms with E-state index in [1.165, 1.54) is 4.90 Å². The summed E-state index contributed by atoms with van der Waals surface area (Å²) in [6.07, 6.45) is 1.62. The van der Waals surface area contributed by atoms with Gasteiger partial charge < -0.3 is 15.1 Å². The minimum absolute atomic E-state index is 0.0567. The summed E-state index contributed by atoms with van der Waals surface area (Å²) in [5.74, 6) is 0.471. The third kappa shape index (κ3) is 3.12. The minimum Gasteiger partial charge on any atom is -0.385 e. The molecule has 0 aliphatic carbocycles. The number of piperazine rings is 1. The first-order valence-electron chi connectivity index (χ1n) is 7.02. The van der Waals surface area contributed by atoms with E-state index in [4.69, 9.17) is 0 Å². The molecule has 0 aromatic carbocycles. The zero-order valence-corrected chi connectivity index (χ0v) is 12.9. The Morgan fingerprint density at radius 2 is 2.10 bits per heavy atom. The lowest BCUT2D eigenvalue weighted by atomic mass is 10.2. The maximum atomic E-state index is 12.6. The largest absolute Gasteiger partial charge is 0.385 e. The fourth-order valence-corrected chi connectivity index (χ4v) is 2.10. The van der Waals surface area contributed by atoms with Crippen LogP contribution < -0.4 is 5.32 Å². The average Bonchev–Trinajstić information content (AvgIpc) is 2.48. The monoisotopic (exact) mass is 291 g/mol. The smallest absolute Gasteiger partial charge is 0.275 e. The number of carbonyl (C=O) groups excluding carboxylic acids is 2. The van der Waals surface area contributed by atoms with Crippen LogP contribution in [-0.4, -0.2) is 65.3 Å². The van der Waals surface area contributed by atoms with E-state index in [2.05, 4.69) is 15.3 Å². The van der Waals surface area contributed by atoms with Crippen molar-refractivity contribution < 1.29 is 9.59 Å². The van der Waals surface area contributed by atoms with Crippen molar-refractivity contribution in [1.29, 1.82) is 0 Å². The minimum atomic E-state index is -0.231. The van der Waals surface area contributed by atoms with Gasteiger partial charge in [0.05, 0.1) is 11.9 Å². The Bertz CT molecular complexity index is 558. The number of nitrogens with one attached hydrogen (secondary N) is 1. The number of likely N-dealkylation sites (N-methyl/N-ethyl adjacent to an activating group) is 1. The molecule has 1 aromatic rings. The van der Waals surface area contributed by atoms with E-state index in [1.54, 1.807) is 25.2 Å². The van der Waals surface area contributed by atoms with E-state index in [1.807, 2.05) is 13.8 Å². The highest BCUT2D eigenvalue weighted by Gasteiger charge is 2.28. The summed E-state index contributed by atoms with van der Waals surface area (Å²) in [5, 5.41) is 2.93. The Hall–Kier alpha value is -2.18. The fourth-order valence-electron chi connectivity index (χ4n) is 2.10. The van der Waals surface area contributed by atoms with Gasteiger partial charge in [-0.25, -0.2) is 9.97 Å². The van der Waals surface area contributed by atoms with Crippen LogP contribution in [0, 0.1) is 0 Å². The van der Waals surface area contributed by atoms with Crippen molar-refractivity contribution in [2.45, 2.75) is 19.8 Å². The van der Waals surface area contributed by atoms with Gasteiger partial charge in [0.1, 0.15) is 12.4 Å². The van der Waals surface area contributed by atoms with Crippen molar-refractivity contribution in [3.05, 3.63) is 17.7 Å². The van der Waals surface area contributed by atoms with Crippen molar-refractivity contribution in [1.82, 2.24) is 19.8 Å². The normalized spacial score (nSPS) is 15.6. The number of anilines is 1. The zero-order chi connectivity index (χ0) is 15.6. The standard InChI is InChI=1S/C14H21N5O2/c1-9(2)13-16-7-10(15-3)12(17-13)14(21)19-6-5-18(4)11(20)8-19/h7,9,15H,5-6,8H2,1-4H3. The van der Waals surface area contributed by atoms with Crippen LogP contribution >= 0.6 is 0 Å². The van der Waals surface area contributed by atoms with Gasteiger partial charge >= 0.3 is 0 Å². The molecule has 1 aliphatic rings. The van der Waals surface area contributed by atoms with Gasteiger partial charge in [-0.1, -0.05) is 13.8 Å². The van der Waals surface area contributed by atoms with Gasteiger partial charge in [-0.15, -0.1) is 0 Å². The molecule has 0 saturated carbocycles. The second-order valence-corrected chi connectivity index (χ2v) is 5.44. The van der Waals surface area contributed by atoms with Crippen LogP contribution in [0.25, 0.3) is 0 Å². The third-order valence-electron chi connectivity index (χ3n) is 3.54. The number of aromatic nitrogens is 2. The van der Waals surface area contributed by atoms with E-state index >= 15 is 0 Å². The van der Waals surface area contributed by atoms with Gasteiger partial charge in [-0.2, -0.15) is 0 Å². The summed E-state index contributed by atoms with van der Waals surface area (Å²) in [6.45, 7) is 5.11. The van der Waals surface area contributed by atoms with Gasteiger partial charge in [0, 0.05) is 33.1 Å². The van der Waals surface area contributed by atoms with Crippen LogP contribution in [0.3, 0.4) is 0 Å². The van der Waals surface area contributed by atoms with Crippen LogP contribution in [-0.2, 0) is 4.79 Å².